The van der Waals surface area contributed by atoms with Crippen molar-refractivity contribution < 1.29 is 9.90 Å². The Bertz CT molecular complexity index is 593. The lowest BCUT2D eigenvalue weighted by Crippen LogP contribution is -2.43. The number of fused-ring (bicyclic) bond motifs is 1. The molecule has 1 unspecified atom stereocenters. The van der Waals surface area contributed by atoms with Crippen molar-refractivity contribution in [2.75, 3.05) is 6.54 Å². The summed E-state index contributed by atoms with van der Waals surface area (Å²) in [6.07, 6.45) is 7.41. The van der Waals surface area contributed by atoms with E-state index in [0.717, 1.165) is 55.4 Å². The van der Waals surface area contributed by atoms with E-state index >= 15 is 0 Å². The maximum atomic E-state index is 11.7. The minimum atomic E-state index is -0.259. The molecule has 1 aromatic carbocycles. The Hall–Kier alpha value is -1.68. The Kier molecular flexibility index (Phi) is 4.81. The molecule has 2 aliphatic rings. The monoisotopic (exact) mass is 314 g/mol. The Morgan fingerprint density at radius 1 is 1.43 bits per heavy atom. The van der Waals surface area contributed by atoms with Gasteiger partial charge >= 0.3 is 0 Å². The van der Waals surface area contributed by atoms with Gasteiger partial charge in [0.15, 0.2) is 0 Å². The Labute approximate surface area is 138 Å². The molecule has 4 nitrogen and oxygen atoms in total. The normalized spacial score (nSPS) is 23.4. The highest BCUT2D eigenvalue weighted by Crippen LogP contribution is 2.34. The molecule has 1 aliphatic carbocycles. The van der Waals surface area contributed by atoms with E-state index in [1.807, 2.05) is 6.07 Å². The van der Waals surface area contributed by atoms with Gasteiger partial charge in [0, 0.05) is 24.7 Å². The molecule has 1 aromatic rings. The zero-order valence-corrected chi connectivity index (χ0v) is 13.8. The van der Waals surface area contributed by atoms with Crippen molar-refractivity contribution in [1.29, 1.82) is 5.41 Å². The van der Waals surface area contributed by atoms with Crippen LogP contribution in [0.4, 0.5) is 0 Å². The first kappa shape index (κ1) is 16.2. The fourth-order valence-electron chi connectivity index (χ4n) is 4.19. The second-order valence-corrected chi connectivity index (χ2v) is 7.01. The van der Waals surface area contributed by atoms with Gasteiger partial charge < -0.3 is 15.3 Å². The predicted molar refractivity (Wildman–Crippen MR) is 91.1 cm³/mol. The molecule has 23 heavy (non-hydrogen) atoms. The summed E-state index contributed by atoms with van der Waals surface area (Å²) in [6.45, 7) is 2.93. The van der Waals surface area contributed by atoms with Crippen molar-refractivity contribution in [1.82, 2.24) is 4.90 Å². The zero-order valence-electron chi connectivity index (χ0n) is 13.8. The molecule has 1 heterocycles. The van der Waals surface area contributed by atoms with E-state index in [0.29, 0.717) is 5.92 Å². The van der Waals surface area contributed by atoms with Gasteiger partial charge in [-0.3, -0.25) is 4.90 Å². The minimum absolute atomic E-state index is 0.195. The molecule has 0 spiro atoms. The van der Waals surface area contributed by atoms with Gasteiger partial charge in [-0.15, -0.1) is 0 Å². The maximum absolute atomic E-state index is 11.7. The molecule has 0 amide bonds. The summed E-state index contributed by atoms with van der Waals surface area (Å²) < 4.78 is 0. The number of carbonyl (C=O) groups excluding carboxylic acids is 1. The smallest absolute Gasteiger partial charge is 0.141 e. The van der Waals surface area contributed by atoms with Crippen LogP contribution >= 0.6 is 0 Å². The van der Waals surface area contributed by atoms with Crippen LogP contribution in [0.5, 0.6) is 5.75 Å². The summed E-state index contributed by atoms with van der Waals surface area (Å²) in [4.78, 5) is 13.9. The van der Waals surface area contributed by atoms with Gasteiger partial charge in [-0.2, -0.15) is 0 Å². The fourth-order valence-corrected chi connectivity index (χ4v) is 4.19. The minimum Gasteiger partial charge on any atom is -0.508 e. The molecule has 1 fully saturated rings. The number of hydrogen-bond acceptors (Lipinski definition) is 4. The number of carbonyl (C=O) groups is 1. The average molecular weight is 314 g/mol. The van der Waals surface area contributed by atoms with Crippen LogP contribution in [0, 0.1) is 11.3 Å². The van der Waals surface area contributed by atoms with Gasteiger partial charge in [-0.05, 0) is 55.4 Å². The first-order valence-corrected chi connectivity index (χ1v) is 8.70. The third-order valence-electron chi connectivity index (χ3n) is 5.50. The number of rotatable bonds is 5. The van der Waals surface area contributed by atoms with Crippen LogP contribution in [-0.2, 0) is 11.2 Å². The summed E-state index contributed by atoms with van der Waals surface area (Å²) in [5.74, 6) is 0.721. The largest absolute Gasteiger partial charge is 0.508 e. The van der Waals surface area contributed by atoms with Crippen LogP contribution in [0.3, 0.4) is 0 Å². The summed E-state index contributed by atoms with van der Waals surface area (Å²) in [5, 5.41) is 18.0. The lowest BCUT2D eigenvalue weighted by atomic mass is 9.89. The molecule has 2 atom stereocenters. The second kappa shape index (κ2) is 6.83. The number of benzene rings is 1. The lowest BCUT2D eigenvalue weighted by molar-refractivity contribution is -0.113. The zero-order chi connectivity index (χ0) is 16.4. The van der Waals surface area contributed by atoms with Crippen molar-refractivity contribution in [2.45, 2.75) is 57.5 Å². The van der Waals surface area contributed by atoms with Crippen LogP contribution in [0.25, 0.3) is 0 Å². The summed E-state index contributed by atoms with van der Waals surface area (Å²) >= 11 is 0. The second-order valence-electron chi connectivity index (χ2n) is 7.01. The lowest BCUT2D eigenvalue weighted by Gasteiger charge is -2.38. The molecule has 2 N–H and O–H groups in total. The number of nitrogens with zero attached hydrogens (tertiary/aromatic N) is 1. The van der Waals surface area contributed by atoms with Crippen molar-refractivity contribution >= 4 is 12.0 Å². The van der Waals surface area contributed by atoms with Crippen molar-refractivity contribution in [3.63, 3.8) is 0 Å². The highest BCUT2D eigenvalue weighted by Gasteiger charge is 2.32. The first-order valence-electron chi connectivity index (χ1n) is 8.70. The topological polar surface area (TPSA) is 64.4 Å². The van der Waals surface area contributed by atoms with Crippen LogP contribution in [-0.4, -0.2) is 34.6 Å². The Balaban J connectivity index is 1.73. The van der Waals surface area contributed by atoms with E-state index in [-0.39, 0.29) is 17.8 Å². The molecular formula is C19H26N2O2. The molecule has 4 heteroatoms. The van der Waals surface area contributed by atoms with E-state index in [4.69, 9.17) is 5.41 Å². The van der Waals surface area contributed by atoms with Crippen LogP contribution in [0.1, 0.15) is 56.2 Å². The Morgan fingerprint density at radius 2 is 2.17 bits per heavy atom. The van der Waals surface area contributed by atoms with E-state index in [1.165, 1.54) is 12.8 Å². The standard InChI is InChI=1S/C19H26N2O2/c1-13(10-18(20)14-4-2-3-5-14)21-9-8-15-11-16(23)6-7-17(15)19(21)12-22/h6-7,11-14,19-20,23H,2-5,8-10H2,1H3/t13?,19-/m0/s1. The third-order valence-corrected chi connectivity index (χ3v) is 5.50. The molecule has 0 bridgehead atoms. The number of aldehydes is 1. The van der Waals surface area contributed by atoms with Gasteiger partial charge in [0.2, 0.25) is 0 Å². The van der Waals surface area contributed by atoms with Crippen LogP contribution < -0.4 is 0 Å². The van der Waals surface area contributed by atoms with Crippen LogP contribution in [0.2, 0.25) is 0 Å². The maximum Gasteiger partial charge on any atom is 0.141 e. The van der Waals surface area contributed by atoms with E-state index < -0.39 is 0 Å². The summed E-state index contributed by atoms with van der Waals surface area (Å²) in [7, 11) is 0. The van der Waals surface area contributed by atoms with E-state index in [2.05, 4.69) is 11.8 Å². The molecule has 0 radical (unpaired) electrons. The molecule has 3 rings (SSSR count). The van der Waals surface area contributed by atoms with Gasteiger partial charge in [0.05, 0.1) is 6.04 Å². The average Bonchev–Trinajstić information content (AvgIpc) is 3.07. The highest BCUT2D eigenvalue weighted by atomic mass is 16.3. The quantitative estimate of drug-likeness (QED) is 0.646. The summed E-state index contributed by atoms with van der Waals surface area (Å²) in [5.41, 5.74) is 2.93. The number of aromatic hydroxyl groups is 1. The first-order chi connectivity index (χ1) is 11.1. The Morgan fingerprint density at radius 3 is 2.87 bits per heavy atom. The van der Waals surface area contributed by atoms with Crippen molar-refractivity contribution in [2.24, 2.45) is 5.92 Å². The molecule has 0 saturated heterocycles. The van der Waals surface area contributed by atoms with Crippen molar-refractivity contribution in [3.05, 3.63) is 29.3 Å². The molecule has 0 aromatic heterocycles. The SMILES string of the molecule is CC(CC(=N)C1CCCC1)N1CCc2cc(O)ccc2[C@@H]1C=O. The molecule has 124 valence electrons. The fraction of sp³-hybridized carbons (Fsp3) is 0.579. The van der Waals surface area contributed by atoms with Gasteiger partial charge in [0.25, 0.3) is 0 Å². The number of hydrogen-bond donors (Lipinski definition) is 2. The third kappa shape index (κ3) is 3.32. The highest BCUT2D eigenvalue weighted by molar-refractivity contribution is 5.84. The van der Waals surface area contributed by atoms with E-state index in [9.17, 15) is 9.90 Å². The number of phenols is 1. The summed E-state index contributed by atoms with van der Waals surface area (Å²) in [6, 6.07) is 5.23. The number of nitrogens with one attached hydrogen (secondary N) is 1. The van der Waals surface area contributed by atoms with E-state index in [1.54, 1.807) is 12.1 Å². The predicted octanol–water partition coefficient (Wildman–Crippen LogP) is 3.48. The van der Waals surface area contributed by atoms with Gasteiger partial charge in [-0.1, -0.05) is 18.9 Å². The van der Waals surface area contributed by atoms with Crippen LogP contribution in [0.15, 0.2) is 18.2 Å². The number of phenolic OH excluding ortho intramolecular Hbond substituents is 1. The van der Waals surface area contributed by atoms with Crippen molar-refractivity contribution in [3.8, 4) is 5.75 Å². The molecular weight excluding hydrogens is 288 g/mol. The van der Waals surface area contributed by atoms with Gasteiger partial charge in [-0.25, -0.2) is 0 Å². The molecule has 1 aliphatic heterocycles. The molecule has 1 saturated carbocycles. The van der Waals surface area contributed by atoms with Gasteiger partial charge in [0.1, 0.15) is 12.0 Å².